The molecule has 2 rings (SSSR count). The molecule has 1 fully saturated rings. The molecular formula is C17H26N2O4S. The van der Waals surface area contributed by atoms with Gasteiger partial charge in [0, 0.05) is 6.04 Å². The molecule has 0 aromatic heterocycles. The van der Waals surface area contributed by atoms with Gasteiger partial charge in [-0.3, -0.25) is 4.79 Å². The van der Waals surface area contributed by atoms with Gasteiger partial charge in [-0.15, -0.1) is 0 Å². The average molecular weight is 354 g/mol. The fraction of sp³-hybridized carbons (Fsp3) is 0.588. The van der Waals surface area contributed by atoms with Gasteiger partial charge in [0.25, 0.3) is 0 Å². The van der Waals surface area contributed by atoms with Gasteiger partial charge in [-0.05, 0) is 44.0 Å². The second-order valence-electron chi connectivity index (χ2n) is 6.22. The van der Waals surface area contributed by atoms with Crippen LogP contribution >= 0.6 is 0 Å². The summed E-state index contributed by atoms with van der Waals surface area (Å²) < 4.78 is 32.2. The highest BCUT2D eigenvalue weighted by Gasteiger charge is 2.24. The summed E-state index contributed by atoms with van der Waals surface area (Å²) in [6, 6.07) is 5.39. The number of methoxy groups -OCH3 is 1. The Kier molecular flexibility index (Phi) is 6.62. The number of amides is 1. The molecule has 0 saturated heterocycles. The van der Waals surface area contributed by atoms with E-state index in [0.29, 0.717) is 5.75 Å². The van der Waals surface area contributed by atoms with Gasteiger partial charge < -0.3 is 10.1 Å². The summed E-state index contributed by atoms with van der Waals surface area (Å²) in [6.07, 6.45) is 6.54. The fourth-order valence-electron chi connectivity index (χ4n) is 2.86. The maximum absolute atomic E-state index is 12.4. The number of carbonyl (C=O) groups is 1. The van der Waals surface area contributed by atoms with Crippen molar-refractivity contribution < 1.29 is 17.9 Å². The summed E-state index contributed by atoms with van der Waals surface area (Å²) in [7, 11) is -2.23. The van der Waals surface area contributed by atoms with Crippen molar-refractivity contribution in [3.05, 3.63) is 24.3 Å². The molecule has 1 aliphatic rings. The van der Waals surface area contributed by atoms with Crippen molar-refractivity contribution in [2.24, 2.45) is 0 Å². The van der Waals surface area contributed by atoms with Crippen molar-refractivity contribution in [1.29, 1.82) is 0 Å². The molecule has 1 atom stereocenters. The average Bonchev–Trinajstić information content (AvgIpc) is 2.83. The molecule has 7 heteroatoms. The number of ether oxygens (including phenoxy) is 1. The maximum atomic E-state index is 12.4. The third kappa shape index (κ3) is 5.21. The molecule has 1 amide bonds. The van der Waals surface area contributed by atoms with Crippen molar-refractivity contribution in [1.82, 2.24) is 10.0 Å². The summed E-state index contributed by atoms with van der Waals surface area (Å²) in [5, 5.41) is 2.97. The van der Waals surface area contributed by atoms with E-state index in [1.54, 1.807) is 19.1 Å². The van der Waals surface area contributed by atoms with Crippen LogP contribution in [0.3, 0.4) is 0 Å². The summed E-state index contributed by atoms with van der Waals surface area (Å²) in [6.45, 7) is 1.56. The van der Waals surface area contributed by atoms with Crippen molar-refractivity contribution in [3.8, 4) is 5.75 Å². The van der Waals surface area contributed by atoms with Crippen LogP contribution in [0.5, 0.6) is 5.75 Å². The minimum Gasteiger partial charge on any atom is -0.497 e. The summed E-state index contributed by atoms with van der Waals surface area (Å²) in [5.41, 5.74) is 0. The quantitative estimate of drug-likeness (QED) is 0.767. The molecule has 0 radical (unpaired) electrons. The van der Waals surface area contributed by atoms with Crippen LogP contribution in [0.2, 0.25) is 0 Å². The zero-order chi connectivity index (χ0) is 17.6. The van der Waals surface area contributed by atoms with E-state index in [1.807, 2.05) is 0 Å². The van der Waals surface area contributed by atoms with E-state index in [0.717, 1.165) is 25.7 Å². The molecule has 1 aromatic carbocycles. The molecule has 1 aliphatic carbocycles. The standard InChI is InChI=1S/C17H26N2O4S/c1-13(17(20)18-14-7-5-3-4-6-8-14)19-24(21,22)16-11-9-15(23-2)10-12-16/h9-14,19H,3-8H2,1-2H3,(H,18,20). The molecule has 0 spiro atoms. The van der Waals surface area contributed by atoms with Gasteiger partial charge >= 0.3 is 0 Å². The predicted octanol–water partition coefficient (Wildman–Crippen LogP) is 2.20. The normalized spacial score (nSPS) is 17.8. The SMILES string of the molecule is COc1ccc(S(=O)(=O)NC(C)C(=O)NC2CCCCCC2)cc1. The zero-order valence-electron chi connectivity index (χ0n) is 14.2. The van der Waals surface area contributed by atoms with E-state index in [2.05, 4.69) is 10.0 Å². The molecule has 1 aromatic rings. The van der Waals surface area contributed by atoms with Crippen LogP contribution in [0.25, 0.3) is 0 Å². The summed E-state index contributed by atoms with van der Waals surface area (Å²) in [4.78, 5) is 12.4. The number of nitrogens with one attached hydrogen (secondary N) is 2. The van der Waals surface area contributed by atoms with E-state index in [4.69, 9.17) is 4.74 Å². The highest BCUT2D eigenvalue weighted by Crippen LogP contribution is 2.18. The fourth-order valence-corrected chi connectivity index (χ4v) is 4.06. The van der Waals surface area contributed by atoms with Gasteiger partial charge in [-0.2, -0.15) is 4.72 Å². The van der Waals surface area contributed by atoms with Crippen LogP contribution in [-0.2, 0) is 14.8 Å². The van der Waals surface area contributed by atoms with Crippen molar-refractivity contribution >= 4 is 15.9 Å². The highest BCUT2D eigenvalue weighted by molar-refractivity contribution is 7.89. The second kappa shape index (κ2) is 8.48. The van der Waals surface area contributed by atoms with Crippen molar-refractivity contribution in [3.63, 3.8) is 0 Å². The van der Waals surface area contributed by atoms with E-state index in [9.17, 15) is 13.2 Å². The zero-order valence-corrected chi connectivity index (χ0v) is 15.1. The van der Waals surface area contributed by atoms with Crippen LogP contribution in [0.15, 0.2) is 29.2 Å². The first-order valence-corrected chi connectivity index (χ1v) is 9.87. The number of benzene rings is 1. The van der Waals surface area contributed by atoms with Gasteiger partial charge in [0.2, 0.25) is 15.9 Å². The Labute approximate surface area is 144 Å². The predicted molar refractivity (Wildman–Crippen MR) is 92.4 cm³/mol. The molecule has 1 unspecified atom stereocenters. The Morgan fingerprint density at radius 3 is 2.25 bits per heavy atom. The van der Waals surface area contributed by atoms with E-state index < -0.39 is 16.1 Å². The molecule has 0 aliphatic heterocycles. The molecule has 1 saturated carbocycles. The molecule has 6 nitrogen and oxygen atoms in total. The Morgan fingerprint density at radius 1 is 1.12 bits per heavy atom. The largest absolute Gasteiger partial charge is 0.497 e. The molecule has 0 bridgehead atoms. The van der Waals surface area contributed by atoms with Crippen molar-refractivity contribution in [2.45, 2.75) is 62.4 Å². The second-order valence-corrected chi connectivity index (χ2v) is 7.93. The number of hydrogen-bond donors (Lipinski definition) is 2. The van der Waals surface area contributed by atoms with Crippen LogP contribution in [0.4, 0.5) is 0 Å². The van der Waals surface area contributed by atoms with Gasteiger partial charge in [-0.1, -0.05) is 25.7 Å². The number of hydrogen-bond acceptors (Lipinski definition) is 4. The Hall–Kier alpha value is -1.60. The topological polar surface area (TPSA) is 84.5 Å². The first-order chi connectivity index (χ1) is 11.4. The third-order valence-electron chi connectivity index (χ3n) is 4.30. The van der Waals surface area contributed by atoms with Crippen LogP contribution in [-0.4, -0.2) is 33.5 Å². The maximum Gasteiger partial charge on any atom is 0.241 e. The lowest BCUT2D eigenvalue weighted by molar-refractivity contribution is -0.123. The van der Waals surface area contributed by atoms with Gasteiger partial charge in [0.15, 0.2) is 0 Å². The number of carbonyl (C=O) groups excluding carboxylic acids is 1. The molecule has 134 valence electrons. The number of sulfonamides is 1. The lowest BCUT2D eigenvalue weighted by Gasteiger charge is -2.20. The molecular weight excluding hydrogens is 328 g/mol. The van der Waals surface area contributed by atoms with E-state index in [-0.39, 0.29) is 16.8 Å². The summed E-state index contributed by atoms with van der Waals surface area (Å²) >= 11 is 0. The Balaban J connectivity index is 1.95. The first kappa shape index (κ1) is 18.7. The van der Waals surface area contributed by atoms with Crippen LogP contribution in [0, 0.1) is 0 Å². The number of rotatable bonds is 6. The van der Waals surface area contributed by atoms with Crippen molar-refractivity contribution in [2.75, 3.05) is 7.11 Å². The van der Waals surface area contributed by atoms with Gasteiger partial charge in [0.1, 0.15) is 5.75 Å². The van der Waals surface area contributed by atoms with E-state index >= 15 is 0 Å². The lowest BCUT2D eigenvalue weighted by atomic mass is 10.1. The lowest BCUT2D eigenvalue weighted by Crippen LogP contribution is -2.47. The molecule has 2 N–H and O–H groups in total. The smallest absolute Gasteiger partial charge is 0.241 e. The van der Waals surface area contributed by atoms with Gasteiger partial charge in [0.05, 0.1) is 18.0 Å². The van der Waals surface area contributed by atoms with Crippen LogP contribution < -0.4 is 14.8 Å². The monoisotopic (exact) mass is 354 g/mol. The van der Waals surface area contributed by atoms with E-state index in [1.165, 1.54) is 32.1 Å². The Morgan fingerprint density at radius 2 is 1.71 bits per heavy atom. The van der Waals surface area contributed by atoms with Crippen LogP contribution in [0.1, 0.15) is 45.4 Å². The first-order valence-electron chi connectivity index (χ1n) is 8.39. The summed E-state index contributed by atoms with van der Waals surface area (Å²) in [5.74, 6) is 0.298. The third-order valence-corrected chi connectivity index (χ3v) is 5.85. The Bertz CT molecular complexity index is 635. The van der Waals surface area contributed by atoms with Gasteiger partial charge in [-0.25, -0.2) is 8.42 Å². The molecule has 0 heterocycles. The minimum atomic E-state index is -3.74. The minimum absolute atomic E-state index is 0.109. The molecule has 24 heavy (non-hydrogen) atoms. The highest BCUT2D eigenvalue weighted by atomic mass is 32.2.